The first kappa shape index (κ1) is 14.1. The van der Waals surface area contributed by atoms with E-state index in [1.165, 1.54) is 30.6 Å². The van der Waals surface area contributed by atoms with Gasteiger partial charge in [0, 0.05) is 11.4 Å². The highest BCUT2D eigenvalue weighted by Crippen LogP contribution is 2.51. The second kappa shape index (κ2) is 5.49. The van der Waals surface area contributed by atoms with Gasteiger partial charge in [-0.05, 0) is 55.4 Å². The van der Waals surface area contributed by atoms with Crippen LogP contribution in [0.1, 0.15) is 56.2 Å². The molecule has 20 heavy (non-hydrogen) atoms. The van der Waals surface area contributed by atoms with Crippen molar-refractivity contribution in [3.63, 3.8) is 0 Å². The van der Waals surface area contributed by atoms with Crippen LogP contribution in [0.2, 0.25) is 0 Å². The van der Waals surface area contributed by atoms with Gasteiger partial charge in [-0.15, -0.1) is 11.3 Å². The highest BCUT2D eigenvalue weighted by atomic mass is 32.1. The van der Waals surface area contributed by atoms with Crippen LogP contribution in [0, 0.1) is 5.41 Å². The molecule has 0 atom stereocenters. The molecule has 0 aliphatic heterocycles. The van der Waals surface area contributed by atoms with Gasteiger partial charge in [0.1, 0.15) is 0 Å². The number of hydrogen-bond donors (Lipinski definition) is 2. The molecule has 2 fully saturated rings. The Bertz CT molecular complexity index is 453. The van der Waals surface area contributed by atoms with Crippen molar-refractivity contribution in [2.75, 3.05) is 0 Å². The maximum Gasteiger partial charge on any atom is 0.237 e. The lowest BCUT2D eigenvalue weighted by molar-refractivity contribution is -0.127. The number of carbonyl (C=O) groups excluding carboxylic acids is 1. The average molecular weight is 292 g/mol. The Hall–Kier alpha value is -0.870. The smallest absolute Gasteiger partial charge is 0.237 e. The van der Waals surface area contributed by atoms with E-state index in [1.807, 2.05) is 6.07 Å². The summed E-state index contributed by atoms with van der Waals surface area (Å²) < 4.78 is 0. The summed E-state index contributed by atoms with van der Waals surface area (Å²) in [6.45, 7) is 0.758. The van der Waals surface area contributed by atoms with E-state index in [2.05, 4.69) is 16.8 Å². The normalized spacial score (nSPS) is 24.0. The summed E-state index contributed by atoms with van der Waals surface area (Å²) in [4.78, 5) is 13.3. The van der Waals surface area contributed by atoms with E-state index >= 15 is 0 Å². The summed E-state index contributed by atoms with van der Waals surface area (Å²) in [5.74, 6) is -0.165. The summed E-state index contributed by atoms with van der Waals surface area (Å²) in [6, 6.07) is 4.15. The third kappa shape index (κ3) is 2.63. The molecule has 1 spiro atoms. The number of carbonyl (C=O) groups is 1. The quantitative estimate of drug-likeness (QED) is 0.895. The molecular weight excluding hydrogens is 268 g/mol. The highest BCUT2D eigenvalue weighted by molar-refractivity contribution is 7.09. The Labute approximate surface area is 124 Å². The van der Waals surface area contributed by atoms with Crippen molar-refractivity contribution in [1.82, 2.24) is 5.32 Å². The molecule has 1 heterocycles. The molecule has 1 aromatic rings. The maximum absolute atomic E-state index is 12.0. The van der Waals surface area contributed by atoms with Crippen molar-refractivity contribution >= 4 is 17.2 Å². The van der Waals surface area contributed by atoms with Crippen LogP contribution in [0.3, 0.4) is 0 Å². The maximum atomic E-state index is 12.0. The van der Waals surface area contributed by atoms with Crippen molar-refractivity contribution in [3.05, 3.63) is 22.4 Å². The first-order valence-electron chi connectivity index (χ1n) is 7.72. The molecule has 3 rings (SSSR count). The molecule has 2 saturated carbocycles. The van der Waals surface area contributed by atoms with E-state index in [-0.39, 0.29) is 5.91 Å². The lowest BCUT2D eigenvalue weighted by Gasteiger charge is -2.43. The number of rotatable bonds is 4. The molecule has 2 aliphatic rings. The van der Waals surface area contributed by atoms with Gasteiger partial charge in [-0.3, -0.25) is 10.1 Å². The summed E-state index contributed by atoms with van der Waals surface area (Å²) in [6.07, 6.45) is 9.58. The van der Waals surface area contributed by atoms with Crippen LogP contribution >= 0.6 is 11.3 Å². The van der Waals surface area contributed by atoms with Crippen molar-refractivity contribution < 1.29 is 4.79 Å². The first-order valence-corrected chi connectivity index (χ1v) is 8.60. The van der Waals surface area contributed by atoms with Gasteiger partial charge < -0.3 is 5.73 Å². The molecule has 4 heteroatoms. The van der Waals surface area contributed by atoms with Crippen LogP contribution in [0.5, 0.6) is 0 Å². The Kier molecular flexibility index (Phi) is 3.87. The monoisotopic (exact) mass is 292 g/mol. The summed E-state index contributed by atoms with van der Waals surface area (Å²) in [5.41, 5.74) is 5.79. The van der Waals surface area contributed by atoms with E-state index in [4.69, 9.17) is 5.73 Å². The summed E-state index contributed by atoms with van der Waals surface area (Å²) in [7, 11) is 0. The number of hydrogen-bond acceptors (Lipinski definition) is 3. The second-order valence-corrected chi connectivity index (χ2v) is 7.62. The fourth-order valence-electron chi connectivity index (χ4n) is 4.01. The topological polar surface area (TPSA) is 55.1 Å². The van der Waals surface area contributed by atoms with Crippen LogP contribution in [0.15, 0.2) is 17.5 Å². The minimum atomic E-state index is -0.474. The third-order valence-electron chi connectivity index (χ3n) is 5.48. The minimum absolute atomic E-state index is 0.165. The van der Waals surface area contributed by atoms with Crippen LogP contribution in [0.25, 0.3) is 0 Å². The molecule has 2 aliphatic carbocycles. The Morgan fingerprint density at radius 1 is 1.20 bits per heavy atom. The van der Waals surface area contributed by atoms with Crippen LogP contribution in [-0.2, 0) is 11.3 Å². The van der Waals surface area contributed by atoms with Crippen molar-refractivity contribution in [3.8, 4) is 0 Å². The zero-order valence-electron chi connectivity index (χ0n) is 12.0. The van der Waals surface area contributed by atoms with E-state index in [0.29, 0.717) is 5.41 Å². The molecular formula is C16H24N2OS. The SMILES string of the molecule is NC(=O)C1(NCc2cccs2)CCC2(CCCC2)CC1. The minimum Gasteiger partial charge on any atom is -0.368 e. The van der Waals surface area contributed by atoms with Gasteiger partial charge >= 0.3 is 0 Å². The Morgan fingerprint density at radius 3 is 2.45 bits per heavy atom. The number of primary amides is 1. The standard InChI is InChI=1S/C16H24N2OS/c17-14(19)16(18-12-13-4-3-11-20-13)9-7-15(8-10-16)5-1-2-6-15/h3-4,11,18H,1-2,5-10,12H2,(H2,17,19). The predicted octanol–water partition coefficient (Wildman–Crippen LogP) is 3.20. The zero-order chi connectivity index (χ0) is 14.1. The van der Waals surface area contributed by atoms with Gasteiger partial charge in [-0.2, -0.15) is 0 Å². The van der Waals surface area contributed by atoms with Crippen molar-refractivity contribution in [2.24, 2.45) is 11.1 Å². The number of amides is 1. The van der Waals surface area contributed by atoms with Gasteiger partial charge in [0.25, 0.3) is 0 Å². The van der Waals surface area contributed by atoms with E-state index < -0.39 is 5.54 Å². The molecule has 110 valence electrons. The molecule has 3 N–H and O–H groups in total. The molecule has 0 radical (unpaired) electrons. The second-order valence-electron chi connectivity index (χ2n) is 6.59. The highest BCUT2D eigenvalue weighted by Gasteiger charge is 2.46. The molecule has 0 bridgehead atoms. The summed E-state index contributed by atoms with van der Waals surface area (Å²) >= 11 is 1.73. The van der Waals surface area contributed by atoms with Crippen LogP contribution < -0.4 is 11.1 Å². The van der Waals surface area contributed by atoms with Gasteiger partial charge in [-0.25, -0.2) is 0 Å². The Morgan fingerprint density at radius 2 is 1.90 bits per heavy atom. The molecule has 3 nitrogen and oxygen atoms in total. The molecule has 1 amide bonds. The van der Waals surface area contributed by atoms with Gasteiger partial charge in [0.15, 0.2) is 0 Å². The lowest BCUT2D eigenvalue weighted by Crippen LogP contribution is -2.57. The van der Waals surface area contributed by atoms with Crippen molar-refractivity contribution in [2.45, 2.75) is 63.5 Å². The molecule has 1 aromatic heterocycles. The molecule has 0 unspecified atom stereocenters. The zero-order valence-corrected chi connectivity index (χ0v) is 12.8. The first-order chi connectivity index (χ1) is 9.64. The molecule has 0 saturated heterocycles. The third-order valence-corrected chi connectivity index (χ3v) is 6.36. The number of nitrogens with one attached hydrogen (secondary N) is 1. The molecule has 0 aromatic carbocycles. The summed E-state index contributed by atoms with van der Waals surface area (Å²) in [5, 5.41) is 5.55. The fourth-order valence-corrected chi connectivity index (χ4v) is 4.66. The van der Waals surface area contributed by atoms with Crippen LogP contribution in [0.4, 0.5) is 0 Å². The largest absolute Gasteiger partial charge is 0.368 e. The van der Waals surface area contributed by atoms with E-state index in [1.54, 1.807) is 11.3 Å². The lowest BCUT2D eigenvalue weighted by atomic mass is 9.66. The number of nitrogens with two attached hydrogens (primary N) is 1. The number of thiophene rings is 1. The van der Waals surface area contributed by atoms with Gasteiger partial charge in [0.2, 0.25) is 5.91 Å². The van der Waals surface area contributed by atoms with Crippen molar-refractivity contribution in [1.29, 1.82) is 0 Å². The van der Waals surface area contributed by atoms with Gasteiger partial charge in [0.05, 0.1) is 5.54 Å². The van der Waals surface area contributed by atoms with Gasteiger partial charge in [-0.1, -0.05) is 18.9 Å². The predicted molar refractivity (Wildman–Crippen MR) is 82.5 cm³/mol. The van der Waals surface area contributed by atoms with E-state index in [9.17, 15) is 4.79 Å². The fraction of sp³-hybridized carbons (Fsp3) is 0.688. The van der Waals surface area contributed by atoms with Crippen LogP contribution in [-0.4, -0.2) is 11.4 Å². The Balaban J connectivity index is 1.65. The average Bonchev–Trinajstić information content (AvgIpc) is 3.10. The van der Waals surface area contributed by atoms with E-state index in [0.717, 1.165) is 32.2 Å².